The summed E-state index contributed by atoms with van der Waals surface area (Å²) in [5, 5.41) is 2.60. The predicted molar refractivity (Wildman–Crippen MR) is 117 cm³/mol. The minimum atomic E-state index is -0.593. The van der Waals surface area contributed by atoms with Gasteiger partial charge < -0.3 is 19.7 Å². The highest BCUT2D eigenvalue weighted by Gasteiger charge is 2.32. The smallest absolute Gasteiger partial charge is 0.414 e. The molecule has 0 radical (unpaired) electrons. The van der Waals surface area contributed by atoms with Crippen LogP contribution in [0.1, 0.15) is 6.92 Å². The third kappa shape index (κ3) is 4.72. The highest BCUT2D eigenvalue weighted by atomic mass is 19.1. The van der Waals surface area contributed by atoms with Crippen LogP contribution in [0.25, 0.3) is 11.1 Å². The molecular weight excluding hydrogens is 417 g/mol. The number of ether oxygens (including phenoxy) is 2. The van der Waals surface area contributed by atoms with E-state index >= 15 is 4.39 Å². The largest absolute Gasteiger partial charge is 0.442 e. The molecule has 2 heterocycles. The lowest BCUT2D eigenvalue weighted by molar-refractivity contribution is -0.119. The number of nitrogens with one attached hydrogen (secondary N) is 1. The summed E-state index contributed by atoms with van der Waals surface area (Å²) >= 11 is 0. The lowest BCUT2D eigenvalue weighted by Crippen LogP contribution is -2.38. The molecule has 2 aliphatic heterocycles. The van der Waals surface area contributed by atoms with Crippen LogP contribution in [-0.2, 0) is 14.3 Å². The van der Waals surface area contributed by atoms with E-state index in [0.717, 1.165) is 0 Å². The van der Waals surface area contributed by atoms with Gasteiger partial charge in [0.1, 0.15) is 11.9 Å². The number of carbonyl (C=O) groups is 2. The molecule has 32 heavy (non-hydrogen) atoms. The second-order valence-electron chi connectivity index (χ2n) is 7.69. The SMILES string of the molecule is CC(=O)NCC1CN(c2ccc(-c3ccc(N4CCOCC4)c(=O)cc3)c(F)c2)C(=O)O1. The van der Waals surface area contributed by atoms with E-state index in [1.807, 2.05) is 4.90 Å². The van der Waals surface area contributed by atoms with Gasteiger partial charge in [-0.05, 0) is 35.9 Å². The molecule has 1 unspecified atom stereocenters. The fraction of sp³-hybridized carbons (Fsp3) is 0.348. The number of hydrogen-bond donors (Lipinski definition) is 1. The van der Waals surface area contributed by atoms with Gasteiger partial charge in [-0.3, -0.25) is 14.5 Å². The maximum absolute atomic E-state index is 15.0. The van der Waals surface area contributed by atoms with Crippen LogP contribution in [0.4, 0.5) is 20.6 Å². The zero-order valence-electron chi connectivity index (χ0n) is 17.7. The van der Waals surface area contributed by atoms with Crippen molar-refractivity contribution in [2.24, 2.45) is 0 Å². The molecule has 0 saturated carbocycles. The molecule has 2 aliphatic rings. The Labute approximate surface area is 184 Å². The molecule has 8 nitrogen and oxygen atoms in total. The lowest BCUT2D eigenvalue weighted by atomic mass is 10.1. The number of morpholine rings is 1. The van der Waals surface area contributed by atoms with Crippen LogP contribution in [0.3, 0.4) is 0 Å². The molecule has 0 spiro atoms. The predicted octanol–water partition coefficient (Wildman–Crippen LogP) is 2.15. The fourth-order valence-corrected chi connectivity index (χ4v) is 3.80. The Morgan fingerprint density at radius 1 is 1.12 bits per heavy atom. The van der Waals surface area contributed by atoms with Crippen molar-refractivity contribution in [2.75, 3.05) is 49.2 Å². The molecule has 4 rings (SSSR count). The van der Waals surface area contributed by atoms with Gasteiger partial charge >= 0.3 is 6.09 Å². The molecule has 0 bridgehead atoms. The Bertz CT molecular complexity index is 1090. The summed E-state index contributed by atoms with van der Waals surface area (Å²) in [5.41, 5.74) is 1.65. The molecular formula is C23H24FN3O5. The van der Waals surface area contributed by atoms with Crippen LogP contribution in [0, 0.1) is 5.82 Å². The van der Waals surface area contributed by atoms with Crippen LogP contribution in [0.5, 0.6) is 0 Å². The van der Waals surface area contributed by atoms with Gasteiger partial charge in [-0.1, -0.05) is 12.1 Å². The topological polar surface area (TPSA) is 88.2 Å². The number of cyclic esters (lactones) is 1. The van der Waals surface area contributed by atoms with Gasteiger partial charge in [0.2, 0.25) is 11.3 Å². The monoisotopic (exact) mass is 441 g/mol. The summed E-state index contributed by atoms with van der Waals surface area (Å²) in [7, 11) is 0. The van der Waals surface area contributed by atoms with Crippen LogP contribution >= 0.6 is 0 Å². The van der Waals surface area contributed by atoms with E-state index in [9.17, 15) is 14.4 Å². The minimum Gasteiger partial charge on any atom is -0.442 e. The van der Waals surface area contributed by atoms with Crippen molar-refractivity contribution in [3.05, 3.63) is 58.5 Å². The Hall–Kier alpha value is -3.46. The van der Waals surface area contributed by atoms with E-state index in [1.54, 1.807) is 30.3 Å². The summed E-state index contributed by atoms with van der Waals surface area (Å²) in [4.78, 5) is 39.1. The molecule has 2 fully saturated rings. The summed E-state index contributed by atoms with van der Waals surface area (Å²) in [6.45, 7) is 4.17. The number of hydrogen-bond acceptors (Lipinski definition) is 6. The van der Waals surface area contributed by atoms with Crippen molar-refractivity contribution in [3.63, 3.8) is 0 Å². The van der Waals surface area contributed by atoms with Crippen LogP contribution < -0.4 is 20.5 Å². The molecule has 0 aromatic heterocycles. The number of amides is 2. The molecule has 0 aliphatic carbocycles. The van der Waals surface area contributed by atoms with E-state index in [4.69, 9.17) is 9.47 Å². The zero-order chi connectivity index (χ0) is 22.7. The number of benzene rings is 1. The minimum absolute atomic E-state index is 0.139. The number of anilines is 2. The van der Waals surface area contributed by atoms with E-state index in [1.165, 1.54) is 24.0 Å². The van der Waals surface area contributed by atoms with E-state index in [2.05, 4.69) is 5.32 Å². The first kappa shape index (κ1) is 21.8. The molecule has 168 valence electrons. The number of rotatable bonds is 5. The first-order valence-corrected chi connectivity index (χ1v) is 10.4. The molecule has 2 amide bonds. The Morgan fingerprint density at radius 3 is 2.59 bits per heavy atom. The van der Waals surface area contributed by atoms with Crippen molar-refractivity contribution in [2.45, 2.75) is 13.0 Å². The van der Waals surface area contributed by atoms with Gasteiger partial charge in [-0.25, -0.2) is 9.18 Å². The number of carbonyl (C=O) groups excluding carboxylic acids is 2. The van der Waals surface area contributed by atoms with E-state index in [-0.39, 0.29) is 24.4 Å². The zero-order valence-corrected chi connectivity index (χ0v) is 17.7. The summed E-state index contributed by atoms with van der Waals surface area (Å²) in [5.74, 6) is -0.740. The third-order valence-corrected chi connectivity index (χ3v) is 5.47. The van der Waals surface area contributed by atoms with Gasteiger partial charge in [0, 0.05) is 25.6 Å². The van der Waals surface area contributed by atoms with Crippen LogP contribution in [0.15, 0.2) is 47.3 Å². The quantitative estimate of drug-likeness (QED) is 0.765. The second-order valence-corrected chi connectivity index (χ2v) is 7.69. The molecule has 2 aromatic rings. The molecule has 1 atom stereocenters. The summed E-state index contributed by atoms with van der Waals surface area (Å²) < 4.78 is 25.6. The number of nitrogens with zero attached hydrogens (tertiary/aromatic N) is 2. The summed E-state index contributed by atoms with van der Waals surface area (Å²) in [6.07, 6.45) is -1.10. The van der Waals surface area contributed by atoms with Crippen molar-refractivity contribution >= 4 is 23.4 Å². The normalized spacial score (nSPS) is 18.4. The van der Waals surface area contributed by atoms with Crippen molar-refractivity contribution in [1.82, 2.24) is 5.32 Å². The Kier molecular flexibility index (Phi) is 6.36. The lowest BCUT2D eigenvalue weighted by Gasteiger charge is -2.27. The van der Waals surface area contributed by atoms with Gasteiger partial charge in [-0.15, -0.1) is 0 Å². The van der Waals surface area contributed by atoms with Crippen LogP contribution in [-0.4, -0.2) is 57.5 Å². The first-order chi connectivity index (χ1) is 15.4. The van der Waals surface area contributed by atoms with E-state index < -0.39 is 18.0 Å². The van der Waals surface area contributed by atoms with E-state index in [0.29, 0.717) is 48.8 Å². The fourth-order valence-electron chi connectivity index (χ4n) is 3.80. The highest BCUT2D eigenvalue weighted by molar-refractivity contribution is 5.90. The van der Waals surface area contributed by atoms with Crippen LogP contribution in [0.2, 0.25) is 0 Å². The van der Waals surface area contributed by atoms with Gasteiger partial charge in [0.25, 0.3) is 0 Å². The highest BCUT2D eigenvalue weighted by Crippen LogP contribution is 2.29. The van der Waals surface area contributed by atoms with Gasteiger partial charge in [0.15, 0.2) is 0 Å². The Morgan fingerprint density at radius 2 is 1.88 bits per heavy atom. The molecule has 9 heteroatoms. The maximum Gasteiger partial charge on any atom is 0.414 e. The molecule has 2 saturated heterocycles. The average molecular weight is 441 g/mol. The standard InChI is InChI=1S/C23H24FN3O5/c1-15(28)25-13-18-14-27(23(30)32-18)17-4-5-19(20(24)12-17)16-2-6-21(22(29)7-3-16)26-8-10-31-11-9-26/h2-7,12,18H,8-11,13-14H2,1H3,(H,25,28). The van der Waals surface area contributed by atoms with Crippen molar-refractivity contribution in [1.29, 1.82) is 0 Å². The average Bonchev–Trinajstić information content (AvgIpc) is 3.04. The maximum atomic E-state index is 15.0. The second kappa shape index (κ2) is 9.35. The van der Waals surface area contributed by atoms with Crippen molar-refractivity contribution < 1.29 is 23.5 Å². The van der Waals surface area contributed by atoms with Crippen molar-refractivity contribution in [3.8, 4) is 11.1 Å². The third-order valence-electron chi connectivity index (χ3n) is 5.47. The van der Waals surface area contributed by atoms with Gasteiger partial charge in [-0.2, -0.15) is 0 Å². The van der Waals surface area contributed by atoms with Gasteiger partial charge in [0.05, 0.1) is 37.7 Å². The summed E-state index contributed by atoms with van der Waals surface area (Å²) in [6, 6.07) is 10.9. The molecule has 2 aromatic carbocycles. The first-order valence-electron chi connectivity index (χ1n) is 10.4. The Balaban J connectivity index is 1.55. The number of halogens is 1. The molecule has 1 N–H and O–H groups in total.